The highest BCUT2D eigenvalue weighted by molar-refractivity contribution is 5.87. The van der Waals surface area contributed by atoms with E-state index in [-0.39, 0.29) is 5.97 Å². The van der Waals surface area contributed by atoms with Crippen molar-refractivity contribution in [2.24, 2.45) is 5.92 Å². The lowest BCUT2D eigenvalue weighted by atomic mass is 9.79. The monoisotopic (exact) mass is 340 g/mol. The number of aryl methyl sites for hydroxylation is 1. The number of fused-ring (bicyclic) bond motifs is 1. The molecule has 3 rings (SSSR count). The first-order valence-electron chi connectivity index (χ1n) is 8.73. The molecule has 1 saturated carbocycles. The first kappa shape index (κ1) is 17.5. The van der Waals surface area contributed by atoms with Crippen LogP contribution in [-0.4, -0.2) is 35.8 Å². The van der Waals surface area contributed by atoms with Crippen molar-refractivity contribution in [2.45, 2.75) is 38.7 Å². The van der Waals surface area contributed by atoms with Gasteiger partial charge < -0.3 is 9.47 Å². The minimum absolute atomic E-state index is 0.299. The minimum Gasteiger partial charge on any atom is -0.466 e. The fourth-order valence-electron chi connectivity index (χ4n) is 3.08. The molecule has 0 atom stereocenters. The number of ether oxygens (including phenoxy) is 2. The third kappa shape index (κ3) is 4.63. The molecule has 1 fully saturated rings. The van der Waals surface area contributed by atoms with Crippen LogP contribution in [0.5, 0.6) is 0 Å². The van der Waals surface area contributed by atoms with E-state index in [4.69, 9.17) is 4.74 Å². The van der Waals surface area contributed by atoms with Crippen LogP contribution in [0.15, 0.2) is 42.1 Å². The predicted molar refractivity (Wildman–Crippen MR) is 96.1 cm³/mol. The first-order chi connectivity index (χ1) is 12.2. The summed E-state index contributed by atoms with van der Waals surface area (Å²) in [5.74, 6) is 0.393. The first-order valence-corrected chi connectivity index (χ1v) is 8.73. The molecule has 5 heteroatoms. The van der Waals surface area contributed by atoms with Crippen LogP contribution in [0.1, 0.15) is 31.9 Å². The zero-order chi connectivity index (χ0) is 17.6. The molecule has 5 nitrogen and oxygen atoms in total. The molecule has 2 aromatic rings. The second-order valence-corrected chi connectivity index (χ2v) is 6.56. The summed E-state index contributed by atoms with van der Waals surface area (Å²) < 4.78 is 10.4. The van der Waals surface area contributed by atoms with Gasteiger partial charge >= 0.3 is 5.97 Å². The van der Waals surface area contributed by atoms with Gasteiger partial charge in [-0.25, -0.2) is 14.8 Å². The highest BCUT2D eigenvalue weighted by Crippen LogP contribution is 2.33. The van der Waals surface area contributed by atoms with Gasteiger partial charge in [-0.3, -0.25) is 0 Å². The molecule has 0 radical (unpaired) electrons. The minimum atomic E-state index is -0.299. The Labute approximate surface area is 148 Å². The molecule has 0 spiro atoms. The third-order valence-electron chi connectivity index (χ3n) is 4.75. The molecule has 2 heterocycles. The number of hydrogen-bond donors (Lipinski definition) is 0. The zero-order valence-electron chi connectivity index (χ0n) is 14.8. The van der Waals surface area contributed by atoms with Gasteiger partial charge in [-0.1, -0.05) is 0 Å². The van der Waals surface area contributed by atoms with Gasteiger partial charge in [0.05, 0.1) is 19.8 Å². The standard InChI is InChI=1S/C20H24N2O3/c1-14(20(23)24-2)9-11-25-18-12-15(13-18)5-7-17-8-6-16-4-3-10-21-19(16)22-17/h3-4,6,8-10,15,18H,5,7,11-13H2,1-2H3/b14-9-. The lowest BCUT2D eigenvalue weighted by Gasteiger charge is -2.35. The number of nitrogens with zero attached hydrogens (tertiary/aromatic N) is 2. The van der Waals surface area contributed by atoms with Crippen molar-refractivity contribution in [2.75, 3.05) is 13.7 Å². The van der Waals surface area contributed by atoms with Gasteiger partial charge in [0.15, 0.2) is 5.65 Å². The largest absolute Gasteiger partial charge is 0.466 e. The van der Waals surface area contributed by atoms with Crippen LogP contribution in [0, 0.1) is 5.92 Å². The summed E-state index contributed by atoms with van der Waals surface area (Å²) in [5.41, 5.74) is 2.52. The Kier molecular flexibility index (Phi) is 5.76. The molecule has 25 heavy (non-hydrogen) atoms. The van der Waals surface area contributed by atoms with E-state index >= 15 is 0 Å². The van der Waals surface area contributed by atoms with E-state index in [1.165, 1.54) is 7.11 Å². The van der Waals surface area contributed by atoms with E-state index in [9.17, 15) is 4.79 Å². The molecule has 1 aliphatic rings. The SMILES string of the molecule is COC(=O)/C(C)=C\COC1CC(CCc2ccc3cccnc3n2)C1. The average Bonchev–Trinajstić information content (AvgIpc) is 2.61. The highest BCUT2D eigenvalue weighted by atomic mass is 16.5. The van der Waals surface area contributed by atoms with Gasteiger partial charge in [0.2, 0.25) is 0 Å². The zero-order valence-corrected chi connectivity index (χ0v) is 14.8. The van der Waals surface area contributed by atoms with E-state index in [0.29, 0.717) is 24.2 Å². The molecule has 0 bridgehead atoms. The number of aromatic nitrogens is 2. The molecule has 0 N–H and O–H groups in total. The Hall–Kier alpha value is -2.27. The van der Waals surface area contributed by atoms with E-state index in [1.807, 2.05) is 12.1 Å². The number of esters is 1. The predicted octanol–water partition coefficient (Wildman–Crippen LogP) is 3.48. The topological polar surface area (TPSA) is 61.3 Å². The summed E-state index contributed by atoms with van der Waals surface area (Å²) in [7, 11) is 1.39. The number of carbonyl (C=O) groups excluding carboxylic acids is 1. The fraction of sp³-hybridized carbons (Fsp3) is 0.450. The molecule has 0 saturated heterocycles. The van der Waals surface area contributed by atoms with Crippen LogP contribution in [0.3, 0.4) is 0 Å². The Bertz CT molecular complexity index is 766. The lowest BCUT2D eigenvalue weighted by Crippen LogP contribution is -2.31. The van der Waals surface area contributed by atoms with Crippen molar-refractivity contribution < 1.29 is 14.3 Å². The average molecular weight is 340 g/mol. The Morgan fingerprint density at radius 1 is 1.32 bits per heavy atom. The third-order valence-corrected chi connectivity index (χ3v) is 4.75. The molecule has 0 amide bonds. The summed E-state index contributed by atoms with van der Waals surface area (Å²) in [6.45, 7) is 2.21. The van der Waals surface area contributed by atoms with Crippen LogP contribution in [-0.2, 0) is 20.7 Å². The Balaban J connectivity index is 1.38. The summed E-state index contributed by atoms with van der Waals surface area (Å²) in [5, 5.41) is 1.08. The lowest BCUT2D eigenvalue weighted by molar-refractivity contribution is -0.136. The molecule has 132 valence electrons. The Morgan fingerprint density at radius 2 is 2.16 bits per heavy atom. The van der Waals surface area contributed by atoms with Crippen molar-refractivity contribution in [3.63, 3.8) is 0 Å². The van der Waals surface area contributed by atoms with Gasteiger partial charge in [0.25, 0.3) is 0 Å². The Morgan fingerprint density at radius 3 is 2.96 bits per heavy atom. The summed E-state index contributed by atoms with van der Waals surface area (Å²) >= 11 is 0. The smallest absolute Gasteiger partial charge is 0.333 e. The molecular weight excluding hydrogens is 316 g/mol. The van der Waals surface area contributed by atoms with Gasteiger partial charge in [0.1, 0.15) is 0 Å². The van der Waals surface area contributed by atoms with E-state index < -0.39 is 0 Å². The van der Waals surface area contributed by atoms with E-state index in [0.717, 1.165) is 42.4 Å². The van der Waals surface area contributed by atoms with Crippen LogP contribution in [0.2, 0.25) is 0 Å². The molecule has 2 aromatic heterocycles. The van der Waals surface area contributed by atoms with Crippen molar-refractivity contribution >= 4 is 17.0 Å². The number of methoxy groups -OCH3 is 1. The summed E-state index contributed by atoms with van der Waals surface area (Å²) in [6.07, 6.45) is 8.13. The van der Waals surface area contributed by atoms with Crippen LogP contribution >= 0.6 is 0 Å². The van der Waals surface area contributed by atoms with Crippen molar-refractivity contribution in [1.29, 1.82) is 0 Å². The van der Waals surface area contributed by atoms with Crippen molar-refractivity contribution in [1.82, 2.24) is 9.97 Å². The molecule has 0 aliphatic heterocycles. The second kappa shape index (κ2) is 8.21. The van der Waals surface area contributed by atoms with Crippen LogP contribution in [0.25, 0.3) is 11.0 Å². The summed E-state index contributed by atoms with van der Waals surface area (Å²) in [6, 6.07) is 8.15. The maximum absolute atomic E-state index is 11.3. The maximum atomic E-state index is 11.3. The molecule has 0 aromatic carbocycles. The quantitative estimate of drug-likeness (QED) is 0.570. The second-order valence-electron chi connectivity index (χ2n) is 6.56. The van der Waals surface area contributed by atoms with E-state index in [1.54, 1.807) is 19.2 Å². The molecule has 1 aliphatic carbocycles. The van der Waals surface area contributed by atoms with Crippen molar-refractivity contribution in [3.8, 4) is 0 Å². The number of rotatable bonds is 7. The molecular formula is C20H24N2O3. The number of carbonyl (C=O) groups is 1. The number of pyridine rings is 2. The van der Waals surface area contributed by atoms with Gasteiger partial charge in [-0.2, -0.15) is 0 Å². The van der Waals surface area contributed by atoms with Crippen molar-refractivity contribution in [3.05, 3.63) is 47.8 Å². The van der Waals surface area contributed by atoms with Gasteiger partial charge in [0, 0.05) is 22.9 Å². The normalized spacial score (nSPS) is 20.3. The van der Waals surface area contributed by atoms with Crippen LogP contribution in [0.4, 0.5) is 0 Å². The summed E-state index contributed by atoms with van der Waals surface area (Å²) in [4.78, 5) is 20.2. The highest BCUT2D eigenvalue weighted by Gasteiger charge is 2.29. The van der Waals surface area contributed by atoms with E-state index in [2.05, 4.69) is 26.8 Å². The van der Waals surface area contributed by atoms with Crippen LogP contribution < -0.4 is 0 Å². The number of hydrogen-bond acceptors (Lipinski definition) is 5. The fourth-order valence-corrected chi connectivity index (χ4v) is 3.08. The maximum Gasteiger partial charge on any atom is 0.333 e. The van der Waals surface area contributed by atoms with Gasteiger partial charge in [-0.05, 0) is 68.9 Å². The van der Waals surface area contributed by atoms with Gasteiger partial charge in [-0.15, -0.1) is 0 Å². The molecule has 0 unspecified atom stereocenters.